The summed E-state index contributed by atoms with van der Waals surface area (Å²) in [6.45, 7) is 3.41. The van der Waals surface area contributed by atoms with E-state index in [4.69, 9.17) is 20.2 Å². The molecule has 4 aromatic rings. The Morgan fingerprint density at radius 2 is 1.91 bits per heavy atom. The normalized spacial score (nSPS) is 19.4. The summed E-state index contributed by atoms with van der Waals surface area (Å²) in [5.74, 6) is -0.882. The highest BCUT2D eigenvalue weighted by molar-refractivity contribution is 7.23. The highest BCUT2D eigenvalue weighted by Gasteiger charge is 2.45. The third-order valence-corrected chi connectivity index (χ3v) is 10.7. The monoisotopic (exact) mass is 617 g/mol. The minimum atomic E-state index is -0.564. The standard InChI is InChI=1S/C33H30F3N5O2S/c34-11-17-5-9-41(10-6-17)15-33(7-8-33)16-43-32-39-28(18-1-2-18)26-22-14-42-13-21(22)24(27(36)29(26)40-32)19-3-4-23(35)30-25(19)20(12-37)31(38)44-30/h3-4,11,18H,1-2,5-10,13-16,38H2. The van der Waals surface area contributed by atoms with E-state index in [0.717, 1.165) is 92.7 Å². The first-order valence-corrected chi connectivity index (χ1v) is 15.9. The Bertz CT molecular complexity index is 1920. The summed E-state index contributed by atoms with van der Waals surface area (Å²) in [5.41, 5.74) is 10.2. The number of likely N-dealkylation sites (tertiary alicyclic amines) is 1. The van der Waals surface area contributed by atoms with E-state index in [9.17, 15) is 14.0 Å². The minimum absolute atomic E-state index is 0.0171. The molecule has 8 rings (SSSR count). The van der Waals surface area contributed by atoms with E-state index in [0.29, 0.717) is 28.5 Å². The molecule has 2 aliphatic heterocycles. The molecule has 3 fully saturated rings. The molecule has 2 N–H and O–H groups in total. The van der Waals surface area contributed by atoms with Crippen LogP contribution in [0.25, 0.3) is 32.1 Å². The van der Waals surface area contributed by atoms with Crippen molar-refractivity contribution in [3.05, 3.63) is 58.1 Å². The number of hydrogen-bond donors (Lipinski definition) is 1. The average molecular weight is 618 g/mol. The number of anilines is 1. The zero-order valence-corrected chi connectivity index (χ0v) is 24.8. The minimum Gasteiger partial charge on any atom is -0.463 e. The number of fused-ring (bicyclic) bond motifs is 4. The summed E-state index contributed by atoms with van der Waals surface area (Å²) in [6, 6.07) is 5.04. The van der Waals surface area contributed by atoms with Crippen LogP contribution in [-0.2, 0) is 18.0 Å². The fraction of sp³-hybridized carbons (Fsp3) is 0.424. The number of piperidine rings is 1. The Hall–Kier alpha value is -3.72. The van der Waals surface area contributed by atoms with Gasteiger partial charge in [-0.05, 0) is 66.9 Å². The molecule has 44 heavy (non-hydrogen) atoms. The molecule has 4 aliphatic rings. The predicted molar refractivity (Wildman–Crippen MR) is 162 cm³/mol. The lowest BCUT2D eigenvalue weighted by atomic mass is 9.89. The van der Waals surface area contributed by atoms with Crippen molar-refractivity contribution in [1.29, 1.82) is 5.26 Å². The SMILES string of the molecule is N#Cc1c(N)sc2c(F)ccc(-c3c4c(c5c(C6CC6)nc(OCC6(CN7CCC(=CF)CC7)CC6)nc5c3F)COC4)c12. The Morgan fingerprint density at radius 3 is 2.61 bits per heavy atom. The maximum Gasteiger partial charge on any atom is 0.317 e. The van der Waals surface area contributed by atoms with Gasteiger partial charge in [0.1, 0.15) is 22.4 Å². The third kappa shape index (κ3) is 4.54. The number of thiophene rings is 1. The molecule has 2 aromatic carbocycles. The predicted octanol–water partition coefficient (Wildman–Crippen LogP) is 7.26. The summed E-state index contributed by atoms with van der Waals surface area (Å²) in [4.78, 5) is 11.9. The van der Waals surface area contributed by atoms with Crippen LogP contribution >= 0.6 is 11.3 Å². The number of ether oxygens (including phenoxy) is 2. The van der Waals surface area contributed by atoms with Gasteiger partial charge in [-0.2, -0.15) is 15.2 Å². The quantitative estimate of drug-likeness (QED) is 0.233. The van der Waals surface area contributed by atoms with Gasteiger partial charge in [-0.15, -0.1) is 11.3 Å². The van der Waals surface area contributed by atoms with Crippen LogP contribution in [-0.4, -0.2) is 41.1 Å². The van der Waals surface area contributed by atoms with Crippen molar-refractivity contribution in [2.24, 2.45) is 5.41 Å². The van der Waals surface area contributed by atoms with Crippen molar-refractivity contribution in [1.82, 2.24) is 14.9 Å². The Kier molecular flexibility index (Phi) is 6.59. The van der Waals surface area contributed by atoms with Gasteiger partial charge in [0, 0.05) is 47.3 Å². The molecule has 0 amide bonds. The largest absolute Gasteiger partial charge is 0.463 e. The highest BCUT2D eigenvalue weighted by Crippen LogP contribution is 2.50. The molecule has 2 aromatic heterocycles. The number of hydrogen-bond acceptors (Lipinski definition) is 8. The third-order valence-electron chi connectivity index (χ3n) is 9.64. The van der Waals surface area contributed by atoms with Crippen molar-refractivity contribution in [2.75, 3.05) is 32.0 Å². The van der Waals surface area contributed by atoms with Gasteiger partial charge < -0.3 is 20.1 Å². The van der Waals surface area contributed by atoms with Gasteiger partial charge in [0.05, 0.1) is 42.1 Å². The zero-order chi connectivity index (χ0) is 30.2. The summed E-state index contributed by atoms with van der Waals surface area (Å²) in [6.07, 6.45) is 6.19. The Balaban J connectivity index is 1.21. The summed E-state index contributed by atoms with van der Waals surface area (Å²) in [7, 11) is 0. The van der Waals surface area contributed by atoms with Crippen molar-refractivity contribution in [3.63, 3.8) is 0 Å². The summed E-state index contributed by atoms with van der Waals surface area (Å²) < 4.78 is 57.1. The molecule has 7 nitrogen and oxygen atoms in total. The highest BCUT2D eigenvalue weighted by atomic mass is 32.1. The number of halogens is 3. The lowest BCUT2D eigenvalue weighted by molar-refractivity contribution is 0.135. The van der Waals surface area contributed by atoms with E-state index in [2.05, 4.69) is 16.0 Å². The molecule has 0 atom stereocenters. The molecule has 2 aliphatic carbocycles. The van der Waals surface area contributed by atoms with Crippen molar-refractivity contribution >= 4 is 37.3 Å². The van der Waals surface area contributed by atoms with Gasteiger partial charge in [0.2, 0.25) is 0 Å². The molecule has 0 spiro atoms. The number of nitrogen functional groups attached to an aromatic ring is 1. The molecule has 11 heteroatoms. The van der Waals surface area contributed by atoms with E-state index in [1.54, 1.807) is 0 Å². The van der Waals surface area contributed by atoms with Crippen LogP contribution in [0.15, 0.2) is 24.0 Å². The molecule has 2 saturated carbocycles. The van der Waals surface area contributed by atoms with E-state index < -0.39 is 11.6 Å². The van der Waals surface area contributed by atoms with Gasteiger partial charge in [0.15, 0.2) is 5.82 Å². The van der Waals surface area contributed by atoms with Gasteiger partial charge in [-0.1, -0.05) is 6.07 Å². The Labute approximate surface area is 256 Å². The number of nitrogens with two attached hydrogens (primary N) is 1. The molecular weight excluding hydrogens is 587 g/mol. The summed E-state index contributed by atoms with van der Waals surface area (Å²) >= 11 is 0.985. The number of benzene rings is 2. The van der Waals surface area contributed by atoms with E-state index in [1.165, 1.54) is 12.1 Å². The number of nitrogens with zero attached hydrogens (tertiary/aromatic N) is 4. The van der Waals surface area contributed by atoms with Crippen LogP contribution in [0.2, 0.25) is 0 Å². The lowest BCUT2D eigenvalue weighted by Crippen LogP contribution is -2.37. The van der Waals surface area contributed by atoms with Crippen LogP contribution < -0.4 is 10.5 Å². The fourth-order valence-corrected chi connectivity index (χ4v) is 7.82. The number of aromatic nitrogens is 2. The topological polar surface area (TPSA) is 97.3 Å². The first-order chi connectivity index (χ1) is 21.4. The first-order valence-electron chi connectivity index (χ1n) is 15.1. The summed E-state index contributed by atoms with van der Waals surface area (Å²) in [5, 5.41) is 11.0. The maximum absolute atomic E-state index is 16.9. The van der Waals surface area contributed by atoms with Gasteiger partial charge in [0.25, 0.3) is 0 Å². The van der Waals surface area contributed by atoms with Crippen LogP contribution in [0, 0.1) is 28.4 Å². The van der Waals surface area contributed by atoms with E-state index in [-0.39, 0.29) is 56.9 Å². The molecule has 0 bridgehead atoms. The van der Waals surface area contributed by atoms with Crippen molar-refractivity contribution in [2.45, 2.75) is 57.7 Å². The second-order valence-electron chi connectivity index (χ2n) is 12.6. The van der Waals surface area contributed by atoms with Crippen LogP contribution in [0.4, 0.5) is 18.2 Å². The lowest BCUT2D eigenvalue weighted by Gasteiger charge is -2.31. The first kappa shape index (κ1) is 27.8. The fourth-order valence-electron chi connectivity index (χ4n) is 6.87. The van der Waals surface area contributed by atoms with Crippen molar-refractivity contribution in [3.8, 4) is 23.2 Å². The smallest absolute Gasteiger partial charge is 0.317 e. The van der Waals surface area contributed by atoms with Gasteiger partial charge >= 0.3 is 6.01 Å². The van der Waals surface area contributed by atoms with Gasteiger partial charge in [-0.3, -0.25) is 0 Å². The van der Waals surface area contributed by atoms with Crippen LogP contribution in [0.1, 0.15) is 66.8 Å². The molecule has 4 heterocycles. The number of nitriles is 1. The second kappa shape index (κ2) is 10.4. The van der Waals surface area contributed by atoms with E-state index >= 15 is 4.39 Å². The molecule has 0 unspecified atom stereocenters. The maximum atomic E-state index is 16.9. The average Bonchev–Trinajstić information content (AvgIpc) is 3.94. The molecule has 226 valence electrons. The number of rotatable bonds is 7. The Morgan fingerprint density at radius 1 is 1.14 bits per heavy atom. The van der Waals surface area contributed by atoms with E-state index in [1.807, 2.05) is 0 Å². The van der Waals surface area contributed by atoms with Crippen LogP contribution in [0.3, 0.4) is 0 Å². The van der Waals surface area contributed by atoms with Gasteiger partial charge in [-0.25, -0.2) is 13.2 Å². The second-order valence-corrected chi connectivity index (χ2v) is 13.7. The molecule has 1 saturated heterocycles. The van der Waals surface area contributed by atoms with Crippen LogP contribution in [0.5, 0.6) is 6.01 Å². The molecular formula is C33H30F3N5O2S. The zero-order valence-electron chi connectivity index (χ0n) is 24.0. The molecule has 0 radical (unpaired) electrons. The van der Waals surface area contributed by atoms with Crippen molar-refractivity contribution < 1.29 is 22.6 Å².